The molecule has 2 nitrogen and oxygen atoms in total. The molecule has 0 aromatic carbocycles. The Balaban J connectivity index is 2.05. The number of rotatable bonds is 5. The maximum absolute atomic E-state index is 12.5. The molecule has 4 atom stereocenters. The average molecular weight is 252 g/mol. The fourth-order valence-corrected chi connectivity index (χ4v) is 3.78. The van der Waals surface area contributed by atoms with Gasteiger partial charge in [-0.15, -0.1) is 0 Å². The number of hydrogen-bond donors (Lipinski definition) is 0. The summed E-state index contributed by atoms with van der Waals surface area (Å²) in [7, 11) is 0. The monoisotopic (exact) mass is 252 g/mol. The van der Waals surface area contributed by atoms with Gasteiger partial charge in [-0.1, -0.05) is 39.5 Å². The van der Waals surface area contributed by atoms with Crippen LogP contribution < -0.4 is 0 Å². The molecule has 1 saturated heterocycles. The fourth-order valence-electron chi connectivity index (χ4n) is 3.78. The molecule has 0 amide bonds. The average Bonchev–Trinajstić information content (AvgIpc) is 2.58. The standard InChI is InChI=1S/C16H28O2/c1-3-5-10-13(17)16-12-9-7-6-8-11-15(12)18-14(16)4-2/h12,14-16H,3-11H2,1-2H3/t12-,14+,15+,16-/m1/s1. The van der Waals surface area contributed by atoms with Crippen molar-refractivity contribution in [2.45, 2.75) is 83.8 Å². The van der Waals surface area contributed by atoms with Gasteiger partial charge in [0.2, 0.25) is 0 Å². The molecular formula is C16H28O2. The van der Waals surface area contributed by atoms with E-state index in [1.807, 2.05) is 0 Å². The van der Waals surface area contributed by atoms with Crippen molar-refractivity contribution in [2.24, 2.45) is 11.8 Å². The molecule has 0 bridgehead atoms. The van der Waals surface area contributed by atoms with E-state index in [2.05, 4.69) is 13.8 Å². The smallest absolute Gasteiger partial charge is 0.138 e. The van der Waals surface area contributed by atoms with Crippen LogP contribution in [0.25, 0.3) is 0 Å². The minimum absolute atomic E-state index is 0.211. The second-order valence-corrected chi connectivity index (χ2v) is 6.02. The number of fused-ring (bicyclic) bond motifs is 1. The lowest BCUT2D eigenvalue weighted by molar-refractivity contribution is -0.125. The molecule has 1 aliphatic carbocycles. The van der Waals surface area contributed by atoms with Crippen LogP contribution >= 0.6 is 0 Å². The Morgan fingerprint density at radius 3 is 2.67 bits per heavy atom. The first-order chi connectivity index (χ1) is 8.77. The molecule has 1 saturated carbocycles. The van der Waals surface area contributed by atoms with E-state index in [0.29, 0.717) is 17.8 Å². The third-order valence-corrected chi connectivity index (χ3v) is 4.77. The predicted octanol–water partition coefficient (Wildman–Crippen LogP) is 4.12. The van der Waals surface area contributed by atoms with Crippen LogP contribution in [0.2, 0.25) is 0 Å². The second-order valence-electron chi connectivity index (χ2n) is 6.02. The number of carbonyl (C=O) groups excluding carboxylic acids is 1. The maximum atomic E-state index is 12.5. The van der Waals surface area contributed by atoms with Crippen molar-refractivity contribution in [1.82, 2.24) is 0 Å². The lowest BCUT2D eigenvalue weighted by Crippen LogP contribution is -2.29. The Hall–Kier alpha value is -0.370. The van der Waals surface area contributed by atoms with E-state index in [0.717, 1.165) is 25.7 Å². The first-order valence-electron chi connectivity index (χ1n) is 7.96. The van der Waals surface area contributed by atoms with Crippen LogP contribution in [0.1, 0.15) is 71.6 Å². The lowest BCUT2D eigenvalue weighted by Gasteiger charge is -2.21. The van der Waals surface area contributed by atoms with Crippen LogP contribution in [-0.4, -0.2) is 18.0 Å². The third-order valence-electron chi connectivity index (χ3n) is 4.77. The number of carbonyl (C=O) groups is 1. The van der Waals surface area contributed by atoms with Gasteiger partial charge in [0.05, 0.1) is 12.2 Å². The van der Waals surface area contributed by atoms with Crippen molar-refractivity contribution in [1.29, 1.82) is 0 Å². The van der Waals surface area contributed by atoms with Gasteiger partial charge in [-0.25, -0.2) is 0 Å². The summed E-state index contributed by atoms with van der Waals surface area (Å²) < 4.78 is 6.19. The highest BCUT2D eigenvalue weighted by atomic mass is 16.5. The molecule has 0 spiro atoms. The molecule has 1 aliphatic heterocycles. The molecule has 0 N–H and O–H groups in total. The number of unbranched alkanes of at least 4 members (excludes halogenated alkanes) is 1. The first kappa shape index (κ1) is 14.0. The SMILES string of the molecule is CCCCC(=O)[C@H]1[C@@H]2CCCCC[C@@H]2O[C@H]1CC. The largest absolute Gasteiger partial charge is 0.374 e. The quantitative estimate of drug-likeness (QED) is 0.735. The molecule has 104 valence electrons. The van der Waals surface area contributed by atoms with Gasteiger partial charge in [0.15, 0.2) is 0 Å². The summed E-state index contributed by atoms with van der Waals surface area (Å²) in [6.45, 7) is 4.32. The maximum Gasteiger partial charge on any atom is 0.138 e. The van der Waals surface area contributed by atoms with Crippen LogP contribution in [0.3, 0.4) is 0 Å². The van der Waals surface area contributed by atoms with Gasteiger partial charge < -0.3 is 4.74 Å². The normalized spacial score (nSPS) is 36.1. The van der Waals surface area contributed by atoms with Gasteiger partial charge in [0, 0.05) is 12.3 Å². The summed E-state index contributed by atoms with van der Waals surface area (Å²) in [5.41, 5.74) is 0. The summed E-state index contributed by atoms with van der Waals surface area (Å²) in [5.74, 6) is 1.23. The third kappa shape index (κ3) is 2.96. The van der Waals surface area contributed by atoms with E-state index >= 15 is 0 Å². The van der Waals surface area contributed by atoms with Crippen LogP contribution in [0.15, 0.2) is 0 Å². The zero-order valence-corrected chi connectivity index (χ0v) is 12.0. The number of Topliss-reactive ketones (excluding diaryl/α,β-unsaturated/α-hetero) is 1. The van der Waals surface area contributed by atoms with Gasteiger partial charge in [0.25, 0.3) is 0 Å². The summed E-state index contributed by atoms with van der Waals surface area (Å²) in [4.78, 5) is 12.5. The predicted molar refractivity (Wildman–Crippen MR) is 73.5 cm³/mol. The summed E-state index contributed by atoms with van der Waals surface area (Å²) >= 11 is 0. The Labute approximate surface area is 111 Å². The molecule has 0 radical (unpaired) electrons. The Kier molecular flexibility index (Phi) is 5.23. The molecule has 18 heavy (non-hydrogen) atoms. The highest BCUT2D eigenvalue weighted by Gasteiger charge is 2.46. The van der Waals surface area contributed by atoms with E-state index in [1.165, 1.54) is 32.1 Å². The molecule has 2 heteroatoms. The van der Waals surface area contributed by atoms with Gasteiger partial charge in [-0.3, -0.25) is 4.79 Å². The highest BCUT2D eigenvalue weighted by molar-refractivity contribution is 5.82. The molecule has 0 aromatic rings. The van der Waals surface area contributed by atoms with E-state index in [-0.39, 0.29) is 12.0 Å². The van der Waals surface area contributed by atoms with E-state index in [1.54, 1.807) is 0 Å². The second kappa shape index (κ2) is 6.70. The molecule has 0 unspecified atom stereocenters. The van der Waals surface area contributed by atoms with E-state index < -0.39 is 0 Å². The Bertz CT molecular complexity index is 274. The van der Waals surface area contributed by atoms with Gasteiger partial charge in [0.1, 0.15) is 5.78 Å². The summed E-state index contributed by atoms with van der Waals surface area (Å²) in [6, 6.07) is 0. The molecule has 2 rings (SSSR count). The molecule has 2 fully saturated rings. The van der Waals surface area contributed by atoms with Gasteiger partial charge in [-0.2, -0.15) is 0 Å². The van der Waals surface area contributed by atoms with Gasteiger partial charge >= 0.3 is 0 Å². The zero-order valence-electron chi connectivity index (χ0n) is 12.0. The van der Waals surface area contributed by atoms with Gasteiger partial charge in [-0.05, 0) is 31.6 Å². The van der Waals surface area contributed by atoms with E-state index in [4.69, 9.17) is 4.74 Å². The van der Waals surface area contributed by atoms with Crippen LogP contribution in [0.5, 0.6) is 0 Å². The van der Waals surface area contributed by atoms with E-state index in [9.17, 15) is 4.79 Å². The summed E-state index contributed by atoms with van der Waals surface area (Å²) in [6.07, 6.45) is 10.8. The molecule has 2 aliphatic rings. The van der Waals surface area contributed by atoms with Crippen molar-refractivity contribution in [2.75, 3.05) is 0 Å². The number of ketones is 1. The summed E-state index contributed by atoms with van der Waals surface area (Å²) in [5, 5.41) is 0. The molecular weight excluding hydrogens is 224 g/mol. The van der Waals surface area contributed by atoms with Crippen molar-refractivity contribution in [3.05, 3.63) is 0 Å². The fraction of sp³-hybridized carbons (Fsp3) is 0.938. The molecule has 0 aromatic heterocycles. The van der Waals surface area contributed by atoms with Crippen molar-refractivity contribution < 1.29 is 9.53 Å². The van der Waals surface area contributed by atoms with Crippen LogP contribution in [0.4, 0.5) is 0 Å². The molecule has 1 heterocycles. The Morgan fingerprint density at radius 1 is 1.17 bits per heavy atom. The topological polar surface area (TPSA) is 26.3 Å². The highest BCUT2D eigenvalue weighted by Crippen LogP contribution is 2.42. The van der Waals surface area contributed by atoms with Crippen LogP contribution in [0, 0.1) is 11.8 Å². The first-order valence-corrected chi connectivity index (χ1v) is 7.96. The lowest BCUT2D eigenvalue weighted by atomic mass is 9.79. The van der Waals surface area contributed by atoms with Crippen LogP contribution in [-0.2, 0) is 9.53 Å². The minimum Gasteiger partial charge on any atom is -0.374 e. The van der Waals surface area contributed by atoms with Crippen molar-refractivity contribution in [3.8, 4) is 0 Å². The minimum atomic E-state index is 0.211. The van der Waals surface area contributed by atoms with Crippen molar-refractivity contribution >= 4 is 5.78 Å². The van der Waals surface area contributed by atoms with Crippen molar-refractivity contribution in [3.63, 3.8) is 0 Å². The number of ether oxygens (including phenoxy) is 1. The number of hydrogen-bond acceptors (Lipinski definition) is 2. The zero-order chi connectivity index (χ0) is 13.0. The Morgan fingerprint density at radius 2 is 1.94 bits per heavy atom.